The van der Waals surface area contributed by atoms with Gasteiger partial charge >= 0.3 is 6.03 Å². The van der Waals surface area contributed by atoms with Crippen molar-refractivity contribution >= 4 is 33.1 Å². The molecule has 1 aliphatic rings. The number of carbonyl (C=O) groups excluding carboxylic acids is 1. The first kappa shape index (κ1) is 19.0. The third-order valence-corrected chi connectivity index (χ3v) is 6.63. The van der Waals surface area contributed by atoms with Crippen molar-refractivity contribution in [1.29, 1.82) is 0 Å². The number of rotatable bonds is 4. The second-order valence-corrected chi connectivity index (χ2v) is 8.79. The van der Waals surface area contributed by atoms with Gasteiger partial charge in [0.15, 0.2) is 0 Å². The normalized spacial score (nSPS) is 13.1. The largest absolute Gasteiger partial charge is 0.323 e. The van der Waals surface area contributed by atoms with Crippen molar-refractivity contribution in [2.24, 2.45) is 0 Å². The van der Waals surface area contributed by atoms with Crippen molar-refractivity contribution in [1.82, 2.24) is 0 Å². The number of carbonyl (C=O) groups is 1. The lowest BCUT2D eigenvalue weighted by Crippen LogP contribution is -2.29. The Labute approximate surface area is 170 Å². The third kappa shape index (κ3) is 3.95. The van der Waals surface area contributed by atoms with Crippen LogP contribution in [0.15, 0.2) is 77.7 Å². The van der Waals surface area contributed by atoms with Crippen LogP contribution in [0.5, 0.6) is 0 Å². The smallest absolute Gasteiger partial charge is 0.308 e. The van der Waals surface area contributed by atoms with Crippen LogP contribution in [0.2, 0.25) is 0 Å². The average Bonchev–Trinajstić information content (AvgIpc) is 3.12. The number of amides is 2. The molecule has 0 aromatic heterocycles. The first-order valence-corrected chi connectivity index (χ1v) is 10.7. The van der Waals surface area contributed by atoms with Crippen LogP contribution in [0.1, 0.15) is 11.1 Å². The highest BCUT2D eigenvalue weighted by Gasteiger charge is 2.31. The van der Waals surface area contributed by atoms with E-state index >= 15 is 0 Å². The van der Waals surface area contributed by atoms with E-state index in [2.05, 4.69) is 10.6 Å². The van der Waals surface area contributed by atoms with Gasteiger partial charge in [0, 0.05) is 17.9 Å². The average molecular weight is 407 g/mol. The van der Waals surface area contributed by atoms with Gasteiger partial charge in [0.05, 0.1) is 10.6 Å². The van der Waals surface area contributed by atoms with Crippen LogP contribution in [0, 0.1) is 6.92 Å². The molecular formula is C22H21N3O3S. The quantitative estimate of drug-likeness (QED) is 0.673. The molecule has 0 saturated carbocycles. The fourth-order valence-electron chi connectivity index (χ4n) is 3.41. The van der Waals surface area contributed by atoms with E-state index in [-0.39, 0.29) is 10.9 Å². The van der Waals surface area contributed by atoms with Gasteiger partial charge in [-0.05, 0) is 60.9 Å². The minimum absolute atomic E-state index is 0.253. The molecule has 1 aliphatic heterocycles. The summed E-state index contributed by atoms with van der Waals surface area (Å²) in [4.78, 5) is 12.6. The molecule has 0 atom stereocenters. The summed E-state index contributed by atoms with van der Waals surface area (Å²) < 4.78 is 27.5. The van der Waals surface area contributed by atoms with E-state index in [1.807, 2.05) is 37.3 Å². The maximum atomic E-state index is 13.0. The maximum absolute atomic E-state index is 13.0. The van der Waals surface area contributed by atoms with E-state index in [9.17, 15) is 13.2 Å². The Bertz CT molecular complexity index is 1160. The van der Waals surface area contributed by atoms with Crippen LogP contribution in [0.25, 0.3) is 0 Å². The van der Waals surface area contributed by atoms with Gasteiger partial charge in [0.25, 0.3) is 10.0 Å². The molecule has 0 saturated heterocycles. The molecule has 4 rings (SSSR count). The number of anilines is 3. The summed E-state index contributed by atoms with van der Waals surface area (Å²) >= 11 is 0. The number of fused-ring (bicyclic) bond motifs is 1. The summed E-state index contributed by atoms with van der Waals surface area (Å²) in [6.45, 7) is 2.33. The lowest BCUT2D eigenvalue weighted by atomic mass is 10.1. The van der Waals surface area contributed by atoms with Gasteiger partial charge in [-0.25, -0.2) is 13.2 Å². The number of hydrogen-bond donors (Lipinski definition) is 2. The summed E-state index contributed by atoms with van der Waals surface area (Å²) in [6, 6.07) is 20.8. The standard InChI is InChI=1S/C22H21N3O3S/c1-16-6-5-7-18(14-16)23-22(26)24-19-11-10-17-12-13-25(21(17)15-19)29(27,28)20-8-3-2-4-9-20/h2-11,14-15H,12-13H2,1H3,(H2,23,24,26). The van der Waals surface area contributed by atoms with Gasteiger partial charge < -0.3 is 10.6 Å². The number of hydrogen-bond acceptors (Lipinski definition) is 3. The van der Waals surface area contributed by atoms with E-state index in [0.29, 0.717) is 30.0 Å². The van der Waals surface area contributed by atoms with Crippen LogP contribution in [0.3, 0.4) is 0 Å². The number of nitrogens with one attached hydrogen (secondary N) is 2. The molecule has 1 heterocycles. The fraction of sp³-hybridized carbons (Fsp3) is 0.136. The summed E-state index contributed by atoms with van der Waals surface area (Å²) in [5, 5.41) is 5.56. The Morgan fingerprint density at radius 3 is 2.34 bits per heavy atom. The molecule has 7 heteroatoms. The molecule has 0 bridgehead atoms. The number of benzene rings is 3. The molecule has 0 radical (unpaired) electrons. The zero-order valence-electron chi connectivity index (χ0n) is 15.9. The molecule has 2 N–H and O–H groups in total. The minimum atomic E-state index is -3.65. The maximum Gasteiger partial charge on any atom is 0.323 e. The van der Waals surface area contributed by atoms with E-state index in [0.717, 1.165) is 11.1 Å². The Balaban J connectivity index is 1.55. The van der Waals surface area contributed by atoms with Crippen molar-refractivity contribution in [3.63, 3.8) is 0 Å². The van der Waals surface area contributed by atoms with Crippen LogP contribution in [0.4, 0.5) is 21.9 Å². The van der Waals surface area contributed by atoms with Gasteiger partial charge in [0.2, 0.25) is 0 Å². The molecule has 2 amide bonds. The van der Waals surface area contributed by atoms with Crippen LogP contribution in [-0.4, -0.2) is 21.0 Å². The molecular weight excluding hydrogens is 386 g/mol. The van der Waals surface area contributed by atoms with Crippen molar-refractivity contribution in [3.8, 4) is 0 Å². The van der Waals surface area contributed by atoms with Gasteiger partial charge in [-0.15, -0.1) is 0 Å². The van der Waals surface area contributed by atoms with E-state index in [1.54, 1.807) is 42.5 Å². The second kappa shape index (κ2) is 7.60. The first-order valence-electron chi connectivity index (χ1n) is 9.29. The predicted molar refractivity (Wildman–Crippen MR) is 115 cm³/mol. The molecule has 3 aromatic carbocycles. The zero-order chi connectivity index (χ0) is 20.4. The number of nitrogens with zero attached hydrogens (tertiary/aromatic N) is 1. The molecule has 29 heavy (non-hydrogen) atoms. The van der Waals surface area contributed by atoms with Crippen LogP contribution < -0.4 is 14.9 Å². The van der Waals surface area contributed by atoms with Crippen molar-refractivity contribution in [3.05, 3.63) is 83.9 Å². The zero-order valence-corrected chi connectivity index (χ0v) is 16.7. The van der Waals surface area contributed by atoms with Gasteiger partial charge in [0.1, 0.15) is 0 Å². The second-order valence-electron chi connectivity index (χ2n) is 6.93. The van der Waals surface area contributed by atoms with Crippen LogP contribution in [-0.2, 0) is 16.4 Å². The van der Waals surface area contributed by atoms with Crippen molar-refractivity contribution in [2.45, 2.75) is 18.2 Å². The summed E-state index contributed by atoms with van der Waals surface area (Å²) in [5.74, 6) is 0. The van der Waals surface area contributed by atoms with Gasteiger partial charge in [-0.2, -0.15) is 0 Å². The topological polar surface area (TPSA) is 78.5 Å². The Kier molecular flexibility index (Phi) is 4.98. The number of aryl methyl sites for hydroxylation is 1. The molecule has 0 spiro atoms. The minimum Gasteiger partial charge on any atom is -0.308 e. The summed E-state index contributed by atoms with van der Waals surface area (Å²) in [6.07, 6.45) is 0.636. The first-order chi connectivity index (χ1) is 13.9. The molecule has 6 nitrogen and oxygen atoms in total. The molecule has 0 aliphatic carbocycles. The lowest BCUT2D eigenvalue weighted by molar-refractivity contribution is 0.262. The highest BCUT2D eigenvalue weighted by Crippen LogP contribution is 2.35. The lowest BCUT2D eigenvalue weighted by Gasteiger charge is -2.20. The van der Waals surface area contributed by atoms with Gasteiger partial charge in [-0.1, -0.05) is 36.4 Å². The van der Waals surface area contributed by atoms with Crippen molar-refractivity contribution < 1.29 is 13.2 Å². The number of urea groups is 1. The molecule has 0 unspecified atom stereocenters. The van der Waals surface area contributed by atoms with Crippen molar-refractivity contribution in [2.75, 3.05) is 21.5 Å². The monoisotopic (exact) mass is 407 g/mol. The third-order valence-electron chi connectivity index (χ3n) is 4.80. The van der Waals surface area contributed by atoms with Gasteiger partial charge in [-0.3, -0.25) is 4.31 Å². The number of sulfonamides is 1. The Hall–Kier alpha value is -3.32. The highest BCUT2D eigenvalue weighted by molar-refractivity contribution is 7.92. The fourth-order valence-corrected chi connectivity index (χ4v) is 4.93. The Morgan fingerprint density at radius 2 is 1.62 bits per heavy atom. The van der Waals surface area contributed by atoms with E-state index in [4.69, 9.17) is 0 Å². The molecule has 0 fully saturated rings. The van der Waals surface area contributed by atoms with E-state index < -0.39 is 10.0 Å². The summed E-state index contributed by atoms with van der Waals surface area (Å²) in [7, 11) is -3.65. The SMILES string of the molecule is Cc1cccc(NC(=O)Nc2ccc3c(c2)N(S(=O)(=O)c2ccccc2)CC3)c1. The Morgan fingerprint density at radius 1 is 0.897 bits per heavy atom. The highest BCUT2D eigenvalue weighted by atomic mass is 32.2. The summed E-state index contributed by atoms with van der Waals surface area (Å²) in [5.41, 5.74) is 3.81. The predicted octanol–water partition coefficient (Wildman–Crippen LogP) is 4.39. The van der Waals surface area contributed by atoms with E-state index in [1.165, 1.54) is 4.31 Å². The molecule has 3 aromatic rings. The van der Waals surface area contributed by atoms with Crippen LogP contribution >= 0.6 is 0 Å². The molecule has 148 valence electrons.